The topological polar surface area (TPSA) is 124 Å². The molecule has 3 aliphatic heterocycles. The Morgan fingerprint density at radius 3 is 2.74 bits per heavy atom. The molecule has 0 unspecified atom stereocenters. The number of rotatable bonds is 4. The number of fused-ring (bicyclic) bond motifs is 1. The van der Waals surface area contributed by atoms with E-state index in [1.807, 2.05) is 4.68 Å². The number of pyridine rings is 1. The van der Waals surface area contributed by atoms with E-state index in [2.05, 4.69) is 25.0 Å². The van der Waals surface area contributed by atoms with E-state index >= 15 is 0 Å². The number of imidazole rings is 1. The Kier molecular flexibility index (Phi) is 4.70. The highest BCUT2D eigenvalue weighted by atomic mass is 19.3. The fraction of sp³-hybridized carbons (Fsp3) is 0.316. The second-order valence-electron chi connectivity index (χ2n) is 7.17. The molecule has 5 heterocycles. The van der Waals surface area contributed by atoms with Crippen LogP contribution in [0, 0.1) is 0 Å². The highest BCUT2D eigenvalue weighted by Gasteiger charge is 2.24. The SMILES string of the molecule is O=c1cnc(-c2cn(C(F)F)cn2)c2[nH]c(-c3cnn(C4CCOCC4)c3)nc(O)c1-2. The lowest BCUT2D eigenvalue weighted by atomic mass is 10.1. The van der Waals surface area contributed by atoms with Crippen molar-refractivity contribution in [3.8, 4) is 39.9 Å². The molecule has 5 rings (SSSR count). The highest BCUT2D eigenvalue weighted by Crippen LogP contribution is 2.34. The zero-order chi connectivity index (χ0) is 21.5. The first kappa shape index (κ1) is 19.3. The summed E-state index contributed by atoms with van der Waals surface area (Å²) >= 11 is 0. The average molecular weight is 429 g/mol. The Bertz CT molecular complexity index is 1260. The largest absolute Gasteiger partial charge is 0.493 e. The predicted molar refractivity (Wildman–Crippen MR) is 104 cm³/mol. The summed E-state index contributed by atoms with van der Waals surface area (Å²) in [7, 11) is 0. The maximum absolute atomic E-state index is 13.0. The molecule has 0 saturated carbocycles. The van der Waals surface area contributed by atoms with Crippen LogP contribution in [-0.4, -0.2) is 52.6 Å². The van der Waals surface area contributed by atoms with E-state index < -0.39 is 17.9 Å². The van der Waals surface area contributed by atoms with E-state index in [-0.39, 0.29) is 34.5 Å². The lowest BCUT2D eigenvalue weighted by Crippen LogP contribution is -2.19. The first-order chi connectivity index (χ1) is 15.0. The lowest BCUT2D eigenvalue weighted by Gasteiger charge is -2.22. The summed E-state index contributed by atoms with van der Waals surface area (Å²) in [6.07, 6.45) is 8.14. The minimum atomic E-state index is -2.77. The first-order valence-corrected chi connectivity index (χ1v) is 9.57. The second kappa shape index (κ2) is 7.54. The van der Waals surface area contributed by atoms with Crippen LogP contribution in [0.5, 0.6) is 5.88 Å². The van der Waals surface area contributed by atoms with Gasteiger partial charge in [-0.3, -0.25) is 14.0 Å². The molecule has 0 bridgehead atoms. The van der Waals surface area contributed by atoms with Crippen LogP contribution in [0.2, 0.25) is 0 Å². The summed E-state index contributed by atoms with van der Waals surface area (Å²) in [6, 6.07) is 0.195. The van der Waals surface area contributed by atoms with Crippen molar-refractivity contribution in [1.82, 2.24) is 34.3 Å². The zero-order valence-corrected chi connectivity index (χ0v) is 16.1. The van der Waals surface area contributed by atoms with Gasteiger partial charge in [-0.1, -0.05) is 0 Å². The molecular weight excluding hydrogens is 412 g/mol. The Morgan fingerprint density at radius 1 is 1.19 bits per heavy atom. The van der Waals surface area contributed by atoms with Gasteiger partial charge in [0, 0.05) is 25.6 Å². The van der Waals surface area contributed by atoms with Crippen molar-refractivity contribution in [2.45, 2.75) is 25.4 Å². The number of hydrogen-bond donors (Lipinski definition) is 2. The summed E-state index contributed by atoms with van der Waals surface area (Å²) < 4.78 is 33.7. The van der Waals surface area contributed by atoms with Gasteiger partial charge in [0.25, 0.3) is 0 Å². The average Bonchev–Trinajstić information content (AvgIpc) is 3.45. The van der Waals surface area contributed by atoms with Crippen molar-refractivity contribution in [3.63, 3.8) is 0 Å². The van der Waals surface area contributed by atoms with Crippen molar-refractivity contribution in [2.24, 2.45) is 0 Å². The Balaban J connectivity index is 1.61. The number of aromatic nitrogens is 7. The van der Waals surface area contributed by atoms with Crippen molar-refractivity contribution < 1.29 is 18.6 Å². The molecule has 10 nitrogen and oxygen atoms in total. The zero-order valence-electron chi connectivity index (χ0n) is 16.1. The monoisotopic (exact) mass is 429 g/mol. The number of nitrogens with one attached hydrogen (secondary N) is 1. The van der Waals surface area contributed by atoms with Gasteiger partial charge >= 0.3 is 6.55 Å². The fourth-order valence-electron chi connectivity index (χ4n) is 3.65. The smallest absolute Gasteiger partial charge is 0.319 e. The molecule has 0 atom stereocenters. The van der Waals surface area contributed by atoms with Gasteiger partial charge in [0.2, 0.25) is 11.3 Å². The van der Waals surface area contributed by atoms with Crippen LogP contribution in [0.1, 0.15) is 25.4 Å². The van der Waals surface area contributed by atoms with Crippen molar-refractivity contribution in [2.75, 3.05) is 13.2 Å². The molecular formula is C19H17F2N7O3. The number of aromatic amines is 1. The molecule has 2 aromatic heterocycles. The van der Waals surface area contributed by atoms with Crippen LogP contribution in [-0.2, 0) is 4.74 Å². The van der Waals surface area contributed by atoms with Gasteiger partial charge in [-0.15, -0.1) is 0 Å². The number of alkyl halides is 2. The fourth-order valence-corrected chi connectivity index (χ4v) is 3.65. The lowest BCUT2D eigenvalue weighted by molar-refractivity contribution is 0.0662. The summed E-state index contributed by atoms with van der Waals surface area (Å²) in [5.74, 6) is -0.241. The van der Waals surface area contributed by atoms with Gasteiger partial charge in [0.05, 0.1) is 36.0 Å². The standard InChI is InChI=1S/C19H17F2N7O3/c20-19(21)27-8-12(23-9-27)15-16-14(13(29)6-22-15)18(30)26-17(25-16)10-5-24-28(7-10)11-1-3-31-4-2-11/h5-9,11,19,30H,1-4H2,(H,25,26). The van der Waals surface area contributed by atoms with Gasteiger partial charge in [0.15, 0.2) is 0 Å². The Hall–Kier alpha value is -3.67. The third-order valence-corrected chi connectivity index (χ3v) is 5.24. The molecule has 0 aromatic carbocycles. The van der Waals surface area contributed by atoms with Crippen LogP contribution in [0.3, 0.4) is 0 Å². The van der Waals surface area contributed by atoms with Crippen LogP contribution in [0.4, 0.5) is 8.78 Å². The number of ether oxygens (including phenoxy) is 1. The minimum Gasteiger partial charge on any atom is -0.493 e. The van der Waals surface area contributed by atoms with Gasteiger partial charge in [-0.2, -0.15) is 18.9 Å². The normalized spacial score (nSPS) is 15.2. The molecule has 2 aromatic rings. The molecule has 2 N–H and O–H groups in total. The van der Waals surface area contributed by atoms with Gasteiger partial charge in [0.1, 0.15) is 22.8 Å². The summed E-state index contributed by atoms with van der Waals surface area (Å²) in [4.78, 5) is 27.4. The minimum absolute atomic E-state index is 0.0998. The van der Waals surface area contributed by atoms with Gasteiger partial charge < -0.3 is 14.8 Å². The Morgan fingerprint density at radius 2 is 2.00 bits per heavy atom. The quantitative estimate of drug-likeness (QED) is 0.511. The number of halogens is 2. The molecule has 31 heavy (non-hydrogen) atoms. The molecule has 1 saturated heterocycles. The number of H-pyrrole nitrogens is 1. The van der Waals surface area contributed by atoms with Gasteiger partial charge in [-0.25, -0.2) is 9.97 Å². The molecule has 160 valence electrons. The molecule has 12 heteroatoms. The molecule has 0 spiro atoms. The van der Waals surface area contributed by atoms with E-state index in [4.69, 9.17) is 4.74 Å². The van der Waals surface area contributed by atoms with Crippen LogP contribution >= 0.6 is 0 Å². The maximum atomic E-state index is 13.0. The predicted octanol–water partition coefficient (Wildman–Crippen LogP) is 2.45. The molecule has 3 aliphatic rings. The van der Waals surface area contributed by atoms with E-state index in [0.29, 0.717) is 23.3 Å². The Labute approximate surface area is 173 Å². The third kappa shape index (κ3) is 3.44. The van der Waals surface area contributed by atoms with E-state index in [1.165, 1.54) is 0 Å². The molecule has 0 radical (unpaired) electrons. The van der Waals surface area contributed by atoms with Crippen molar-refractivity contribution in [1.29, 1.82) is 0 Å². The number of aromatic hydroxyl groups is 1. The molecule has 0 aliphatic carbocycles. The van der Waals surface area contributed by atoms with Crippen molar-refractivity contribution in [3.05, 3.63) is 41.3 Å². The summed E-state index contributed by atoms with van der Waals surface area (Å²) in [5.41, 5.74) is 0.341. The number of hydrogen-bond acceptors (Lipinski definition) is 7. The highest BCUT2D eigenvalue weighted by molar-refractivity contribution is 5.80. The molecule has 0 amide bonds. The summed E-state index contributed by atoms with van der Waals surface area (Å²) in [6.45, 7) is -1.45. The van der Waals surface area contributed by atoms with Crippen molar-refractivity contribution >= 4 is 0 Å². The van der Waals surface area contributed by atoms with Crippen LogP contribution in [0.15, 0.2) is 35.9 Å². The third-order valence-electron chi connectivity index (χ3n) is 5.24. The summed E-state index contributed by atoms with van der Waals surface area (Å²) in [5, 5.41) is 14.9. The van der Waals surface area contributed by atoms with Crippen LogP contribution in [0.25, 0.3) is 34.0 Å². The van der Waals surface area contributed by atoms with Crippen LogP contribution < -0.4 is 5.43 Å². The first-order valence-electron chi connectivity index (χ1n) is 9.57. The maximum Gasteiger partial charge on any atom is 0.319 e. The van der Waals surface area contributed by atoms with E-state index in [0.717, 1.165) is 31.6 Å². The number of nitrogens with zero attached hydrogens (tertiary/aromatic N) is 6. The van der Waals surface area contributed by atoms with Gasteiger partial charge in [-0.05, 0) is 12.8 Å². The second-order valence-corrected chi connectivity index (χ2v) is 7.17. The van der Waals surface area contributed by atoms with E-state index in [9.17, 15) is 18.7 Å². The molecule has 1 fully saturated rings. The van der Waals surface area contributed by atoms with E-state index in [1.54, 1.807) is 12.4 Å².